The minimum Gasteiger partial charge on any atom is -0.105 e. The molecule has 0 saturated heterocycles. The summed E-state index contributed by atoms with van der Waals surface area (Å²) in [5.41, 5.74) is 5.33. The summed E-state index contributed by atoms with van der Waals surface area (Å²) in [6.45, 7) is 9.23. The zero-order valence-corrected chi connectivity index (χ0v) is 16.7. The summed E-state index contributed by atoms with van der Waals surface area (Å²) in [6, 6.07) is 28.4. The molecular weight excluding hydrogens is 319 g/mol. The van der Waals surface area contributed by atoms with Gasteiger partial charge in [0.05, 0.1) is 0 Å². The van der Waals surface area contributed by atoms with Gasteiger partial charge in [-0.1, -0.05) is 107 Å². The third kappa shape index (κ3) is 3.42. The molecule has 3 rings (SSSR count). The lowest BCUT2D eigenvalue weighted by molar-refractivity contribution is 0.620. The van der Waals surface area contributed by atoms with Crippen LogP contribution in [0.5, 0.6) is 0 Å². The van der Waals surface area contributed by atoms with Crippen molar-refractivity contribution in [3.05, 3.63) is 101 Å². The summed E-state index contributed by atoms with van der Waals surface area (Å²) in [7, 11) is 2.92. The third-order valence-electron chi connectivity index (χ3n) is 5.44. The fourth-order valence-electron chi connectivity index (χ4n) is 3.52. The maximum absolute atomic E-state index is 2.92. The molecule has 0 amide bonds. The van der Waals surface area contributed by atoms with Crippen molar-refractivity contribution in [2.45, 2.75) is 38.5 Å². The topological polar surface area (TPSA) is 0 Å². The fraction of sp³-hybridized carbons (Fsp3) is 0.250. The quantitative estimate of drug-likeness (QED) is 0.521. The number of benzene rings is 3. The number of hydrogen-bond donors (Lipinski definition) is 0. The molecule has 0 nitrogen and oxygen atoms in total. The lowest BCUT2D eigenvalue weighted by Crippen LogP contribution is -2.27. The first-order chi connectivity index (χ1) is 11.8. The lowest BCUT2D eigenvalue weighted by atomic mass is 9.73. The Morgan fingerprint density at radius 3 is 1.56 bits per heavy atom. The van der Waals surface area contributed by atoms with Crippen LogP contribution in [0.15, 0.2) is 78.9 Å². The Morgan fingerprint density at radius 1 is 0.560 bits per heavy atom. The molecule has 0 aliphatic carbocycles. The van der Waals surface area contributed by atoms with Crippen LogP contribution >= 0.6 is 9.24 Å². The highest BCUT2D eigenvalue weighted by molar-refractivity contribution is 7.27. The molecule has 1 heteroatoms. The second-order valence-electron chi connectivity index (χ2n) is 7.78. The Kier molecular flexibility index (Phi) is 4.85. The van der Waals surface area contributed by atoms with Gasteiger partial charge >= 0.3 is 0 Å². The van der Waals surface area contributed by atoms with Crippen LogP contribution in [0.3, 0.4) is 0 Å². The predicted molar refractivity (Wildman–Crippen MR) is 113 cm³/mol. The van der Waals surface area contributed by atoms with Crippen molar-refractivity contribution in [2.75, 3.05) is 0 Å². The van der Waals surface area contributed by atoms with Crippen molar-refractivity contribution in [1.82, 2.24) is 0 Å². The van der Waals surface area contributed by atoms with Gasteiger partial charge in [0.1, 0.15) is 0 Å². The molecule has 0 aliphatic rings. The van der Waals surface area contributed by atoms with E-state index in [9.17, 15) is 0 Å². The van der Waals surface area contributed by atoms with Crippen molar-refractivity contribution in [1.29, 1.82) is 0 Å². The zero-order valence-electron chi connectivity index (χ0n) is 15.6. The highest BCUT2D eigenvalue weighted by atomic mass is 31.0. The Morgan fingerprint density at radius 2 is 1.04 bits per heavy atom. The van der Waals surface area contributed by atoms with Crippen LogP contribution in [-0.4, -0.2) is 0 Å². The molecule has 1 unspecified atom stereocenters. The first kappa shape index (κ1) is 17.9. The second kappa shape index (κ2) is 6.77. The van der Waals surface area contributed by atoms with Gasteiger partial charge in [-0.2, -0.15) is 0 Å². The highest BCUT2D eigenvalue weighted by Crippen LogP contribution is 2.36. The highest BCUT2D eigenvalue weighted by Gasteiger charge is 2.28. The molecule has 0 fully saturated rings. The van der Waals surface area contributed by atoms with E-state index in [-0.39, 0.29) is 10.8 Å². The summed E-state index contributed by atoms with van der Waals surface area (Å²) in [5, 5.41) is 1.27. The Labute approximate surface area is 154 Å². The van der Waals surface area contributed by atoms with Gasteiger partial charge in [0.25, 0.3) is 0 Å². The van der Waals surface area contributed by atoms with E-state index in [1.807, 2.05) is 0 Å². The summed E-state index contributed by atoms with van der Waals surface area (Å²) < 4.78 is 0. The largest absolute Gasteiger partial charge is 0.105 e. The SMILES string of the molecule is CC(C)(c1ccccc1)c1ccc(P)c(C(C)(C)c2ccccc2)c1. The first-order valence-electron chi connectivity index (χ1n) is 8.85. The van der Waals surface area contributed by atoms with Gasteiger partial charge in [-0.05, 0) is 27.6 Å². The Balaban J connectivity index is 2.10. The summed E-state index contributed by atoms with van der Waals surface area (Å²) in [4.78, 5) is 0. The van der Waals surface area contributed by atoms with Crippen LogP contribution in [0.2, 0.25) is 0 Å². The molecule has 1 atom stereocenters. The number of rotatable bonds is 4. The monoisotopic (exact) mass is 346 g/mol. The molecule has 0 saturated carbocycles. The standard InChI is InChI=1S/C24H27P/c1-23(2,18-11-7-5-8-12-18)20-15-16-22(25)21(17-20)24(3,4)19-13-9-6-10-14-19/h5-17H,25H2,1-4H3. The van der Waals surface area contributed by atoms with Crippen molar-refractivity contribution in [3.8, 4) is 0 Å². The molecule has 0 N–H and O–H groups in total. The van der Waals surface area contributed by atoms with Gasteiger partial charge in [0.15, 0.2) is 0 Å². The van der Waals surface area contributed by atoms with Gasteiger partial charge in [0.2, 0.25) is 0 Å². The van der Waals surface area contributed by atoms with Crippen LogP contribution in [0.25, 0.3) is 0 Å². The lowest BCUT2D eigenvalue weighted by Gasteiger charge is -2.32. The minimum atomic E-state index is -0.0406. The van der Waals surface area contributed by atoms with Crippen LogP contribution in [-0.2, 0) is 10.8 Å². The number of hydrogen-bond acceptors (Lipinski definition) is 0. The fourth-order valence-corrected chi connectivity index (χ4v) is 4.06. The van der Waals surface area contributed by atoms with Gasteiger partial charge in [-0.25, -0.2) is 0 Å². The molecule has 3 aromatic rings. The van der Waals surface area contributed by atoms with Crippen molar-refractivity contribution in [2.24, 2.45) is 0 Å². The van der Waals surface area contributed by atoms with Crippen LogP contribution in [0.1, 0.15) is 49.9 Å². The van der Waals surface area contributed by atoms with E-state index >= 15 is 0 Å². The van der Waals surface area contributed by atoms with E-state index < -0.39 is 0 Å². The van der Waals surface area contributed by atoms with Crippen molar-refractivity contribution >= 4 is 14.5 Å². The molecule has 0 heterocycles. The van der Waals surface area contributed by atoms with E-state index in [2.05, 4.69) is 116 Å². The smallest absolute Gasteiger partial charge is 0.0152 e. The van der Waals surface area contributed by atoms with E-state index in [0.717, 1.165) is 0 Å². The third-order valence-corrected chi connectivity index (χ3v) is 5.94. The molecule has 0 radical (unpaired) electrons. The summed E-state index contributed by atoms with van der Waals surface area (Å²) in [6.07, 6.45) is 0. The van der Waals surface area contributed by atoms with Crippen molar-refractivity contribution in [3.63, 3.8) is 0 Å². The molecule has 0 aliphatic heterocycles. The summed E-state index contributed by atoms with van der Waals surface area (Å²) in [5.74, 6) is 0. The van der Waals surface area contributed by atoms with E-state index in [1.165, 1.54) is 27.6 Å². The molecule has 25 heavy (non-hydrogen) atoms. The van der Waals surface area contributed by atoms with Crippen LogP contribution < -0.4 is 5.30 Å². The van der Waals surface area contributed by atoms with E-state index in [4.69, 9.17) is 0 Å². The van der Waals surface area contributed by atoms with Gasteiger partial charge in [-0.3, -0.25) is 0 Å². The second-order valence-corrected chi connectivity index (χ2v) is 8.41. The van der Waals surface area contributed by atoms with Gasteiger partial charge in [-0.15, -0.1) is 9.24 Å². The normalized spacial score (nSPS) is 12.2. The van der Waals surface area contributed by atoms with Gasteiger partial charge in [0, 0.05) is 10.8 Å². The molecule has 0 bridgehead atoms. The predicted octanol–water partition coefficient (Wildman–Crippen LogP) is 5.84. The molecular formula is C24H27P. The van der Waals surface area contributed by atoms with Gasteiger partial charge < -0.3 is 0 Å². The Bertz CT molecular complexity index is 846. The zero-order chi connectivity index (χ0) is 18.1. The Hall–Kier alpha value is -1.91. The average molecular weight is 346 g/mol. The maximum atomic E-state index is 2.92. The van der Waals surface area contributed by atoms with Crippen molar-refractivity contribution < 1.29 is 0 Å². The summed E-state index contributed by atoms with van der Waals surface area (Å²) >= 11 is 0. The molecule has 3 aromatic carbocycles. The van der Waals surface area contributed by atoms with Crippen LogP contribution in [0, 0.1) is 0 Å². The first-order valence-corrected chi connectivity index (χ1v) is 9.43. The van der Waals surface area contributed by atoms with Crippen LogP contribution in [0.4, 0.5) is 0 Å². The van der Waals surface area contributed by atoms with E-state index in [1.54, 1.807) is 0 Å². The molecule has 0 spiro atoms. The molecule has 128 valence electrons. The molecule has 0 aromatic heterocycles. The maximum Gasteiger partial charge on any atom is 0.0152 e. The average Bonchev–Trinajstić information content (AvgIpc) is 2.63. The van der Waals surface area contributed by atoms with E-state index in [0.29, 0.717) is 0 Å². The minimum absolute atomic E-state index is 0.0266.